The van der Waals surface area contributed by atoms with Crippen LogP contribution in [0.1, 0.15) is 38.3 Å². The third-order valence-corrected chi connectivity index (χ3v) is 4.84. The first kappa shape index (κ1) is 15.6. The van der Waals surface area contributed by atoms with E-state index in [0.717, 1.165) is 31.1 Å². The summed E-state index contributed by atoms with van der Waals surface area (Å²) >= 11 is 0. The Balaban J connectivity index is 1.71. The van der Waals surface area contributed by atoms with Crippen LogP contribution in [-0.2, 0) is 4.74 Å². The number of ether oxygens (including phenoxy) is 1. The van der Waals surface area contributed by atoms with Gasteiger partial charge in [0.15, 0.2) is 0 Å². The molecule has 2 atom stereocenters. The van der Waals surface area contributed by atoms with Gasteiger partial charge in [-0.25, -0.2) is 9.97 Å². The van der Waals surface area contributed by atoms with Crippen molar-refractivity contribution in [1.29, 1.82) is 0 Å². The molecule has 1 aromatic rings. The number of hydrogen-bond donors (Lipinski definition) is 2. The Labute approximate surface area is 131 Å². The minimum absolute atomic E-state index is 0.0959. The van der Waals surface area contributed by atoms with Gasteiger partial charge >= 0.3 is 0 Å². The second-order valence-electron chi connectivity index (χ2n) is 6.72. The molecule has 122 valence electrons. The SMILES string of the molecule is CC(C)c1cc(NC[C@@]2(CO)COC[C@@H]3CCCN32)ncn1. The number of aliphatic hydroxyl groups is 1. The summed E-state index contributed by atoms with van der Waals surface area (Å²) in [6.07, 6.45) is 3.94. The quantitative estimate of drug-likeness (QED) is 0.853. The van der Waals surface area contributed by atoms with Crippen molar-refractivity contribution in [1.82, 2.24) is 14.9 Å². The van der Waals surface area contributed by atoms with Crippen LogP contribution >= 0.6 is 0 Å². The number of aromatic nitrogens is 2. The molecule has 2 fully saturated rings. The minimum atomic E-state index is -0.345. The zero-order valence-electron chi connectivity index (χ0n) is 13.5. The van der Waals surface area contributed by atoms with Crippen LogP contribution < -0.4 is 5.32 Å². The van der Waals surface area contributed by atoms with Crippen molar-refractivity contribution < 1.29 is 9.84 Å². The zero-order valence-corrected chi connectivity index (χ0v) is 13.5. The number of rotatable bonds is 5. The van der Waals surface area contributed by atoms with E-state index < -0.39 is 0 Å². The molecule has 0 radical (unpaired) electrons. The molecule has 0 aliphatic carbocycles. The molecule has 2 saturated heterocycles. The number of aliphatic hydroxyl groups excluding tert-OH is 1. The first-order valence-corrected chi connectivity index (χ1v) is 8.16. The first-order chi connectivity index (χ1) is 10.6. The Morgan fingerprint density at radius 3 is 3.14 bits per heavy atom. The molecule has 6 nitrogen and oxygen atoms in total. The molecule has 2 aliphatic heterocycles. The van der Waals surface area contributed by atoms with Gasteiger partial charge in [0.05, 0.1) is 25.4 Å². The molecule has 22 heavy (non-hydrogen) atoms. The lowest BCUT2D eigenvalue weighted by Gasteiger charge is -2.47. The normalized spacial score (nSPS) is 28.8. The predicted octanol–water partition coefficient (Wildman–Crippen LogP) is 1.24. The predicted molar refractivity (Wildman–Crippen MR) is 85.0 cm³/mol. The van der Waals surface area contributed by atoms with Gasteiger partial charge in [-0.1, -0.05) is 13.8 Å². The minimum Gasteiger partial charge on any atom is -0.394 e. The van der Waals surface area contributed by atoms with Crippen molar-refractivity contribution in [3.05, 3.63) is 18.1 Å². The number of nitrogens with one attached hydrogen (secondary N) is 1. The molecule has 1 aromatic heterocycles. The molecule has 0 bridgehead atoms. The monoisotopic (exact) mass is 306 g/mol. The first-order valence-electron chi connectivity index (χ1n) is 8.16. The standard InChI is InChI=1S/C16H26N4O2/c1-12(2)14-6-15(19-11-18-14)17-8-16(9-21)10-22-7-13-4-3-5-20(13)16/h6,11-13,21H,3-5,7-10H2,1-2H3,(H,17,18,19)/t13-,16+/m0/s1. The van der Waals surface area contributed by atoms with Crippen LogP contribution in [-0.4, -0.2) is 64.5 Å². The summed E-state index contributed by atoms with van der Waals surface area (Å²) in [7, 11) is 0. The fourth-order valence-corrected chi connectivity index (χ4v) is 3.49. The van der Waals surface area contributed by atoms with Gasteiger partial charge in [-0.2, -0.15) is 0 Å². The van der Waals surface area contributed by atoms with Gasteiger partial charge in [0.2, 0.25) is 0 Å². The summed E-state index contributed by atoms with van der Waals surface area (Å²) < 4.78 is 5.77. The summed E-state index contributed by atoms with van der Waals surface area (Å²) in [6, 6.07) is 2.43. The van der Waals surface area contributed by atoms with E-state index in [4.69, 9.17) is 4.74 Å². The summed E-state index contributed by atoms with van der Waals surface area (Å²) in [5, 5.41) is 13.4. The van der Waals surface area contributed by atoms with E-state index in [1.165, 1.54) is 6.42 Å². The van der Waals surface area contributed by atoms with Gasteiger partial charge < -0.3 is 15.2 Å². The van der Waals surface area contributed by atoms with Crippen molar-refractivity contribution in [2.45, 2.75) is 44.2 Å². The third-order valence-electron chi connectivity index (χ3n) is 4.84. The fraction of sp³-hybridized carbons (Fsp3) is 0.750. The van der Waals surface area contributed by atoms with Crippen molar-refractivity contribution >= 4 is 5.82 Å². The fourth-order valence-electron chi connectivity index (χ4n) is 3.49. The van der Waals surface area contributed by atoms with Gasteiger partial charge in [-0.3, -0.25) is 4.90 Å². The maximum atomic E-state index is 10.0. The summed E-state index contributed by atoms with van der Waals surface area (Å²) in [5.74, 6) is 1.18. The number of anilines is 1. The van der Waals surface area contributed by atoms with Crippen LogP contribution in [0, 0.1) is 0 Å². The van der Waals surface area contributed by atoms with E-state index in [-0.39, 0.29) is 12.1 Å². The third kappa shape index (κ3) is 2.95. The van der Waals surface area contributed by atoms with Crippen LogP contribution in [0.5, 0.6) is 0 Å². The zero-order chi connectivity index (χ0) is 15.6. The van der Waals surface area contributed by atoms with E-state index >= 15 is 0 Å². The van der Waals surface area contributed by atoms with Crippen molar-refractivity contribution in [3.8, 4) is 0 Å². The Bertz CT molecular complexity index is 511. The van der Waals surface area contributed by atoms with Crippen LogP contribution in [0.3, 0.4) is 0 Å². The lowest BCUT2D eigenvalue weighted by molar-refractivity contribution is -0.101. The highest BCUT2D eigenvalue weighted by atomic mass is 16.5. The molecule has 2 aliphatic rings. The van der Waals surface area contributed by atoms with Crippen molar-refractivity contribution in [2.75, 3.05) is 38.2 Å². The second kappa shape index (κ2) is 6.48. The second-order valence-corrected chi connectivity index (χ2v) is 6.72. The topological polar surface area (TPSA) is 70.5 Å². The van der Waals surface area contributed by atoms with Gasteiger partial charge in [0.25, 0.3) is 0 Å². The summed E-state index contributed by atoms with van der Waals surface area (Å²) in [4.78, 5) is 11.0. The molecule has 0 saturated carbocycles. The Hall–Kier alpha value is -1.24. The largest absolute Gasteiger partial charge is 0.394 e. The van der Waals surface area contributed by atoms with E-state index in [1.54, 1.807) is 6.33 Å². The Kier molecular flexibility index (Phi) is 4.61. The van der Waals surface area contributed by atoms with E-state index in [1.807, 2.05) is 6.07 Å². The number of fused-ring (bicyclic) bond motifs is 1. The highest BCUT2D eigenvalue weighted by Gasteiger charge is 2.45. The van der Waals surface area contributed by atoms with E-state index in [9.17, 15) is 5.11 Å². The summed E-state index contributed by atoms with van der Waals surface area (Å²) in [6.45, 7) is 7.35. The molecule has 0 spiro atoms. The highest BCUT2D eigenvalue weighted by Crippen LogP contribution is 2.31. The lowest BCUT2D eigenvalue weighted by Crippen LogP contribution is -2.64. The van der Waals surface area contributed by atoms with E-state index in [2.05, 4.69) is 34.0 Å². The van der Waals surface area contributed by atoms with Crippen LogP contribution in [0.4, 0.5) is 5.82 Å². The summed E-state index contributed by atoms with van der Waals surface area (Å²) in [5.41, 5.74) is 0.678. The van der Waals surface area contributed by atoms with Crippen molar-refractivity contribution in [3.63, 3.8) is 0 Å². The van der Waals surface area contributed by atoms with Crippen LogP contribution in [0.15, 0.2) is 12.4 Å². The highest BCUT2D eigenvalue weighted by molar-refractivity contribution is 5.36. The number of nitrogens with zero attached hydrogens (tertiary/aromatic N) is 3. The van der Waals surface area contributed by atoms with Crippen LogP contribution in [0.25, 0.3) is 0 Å². The number of morpholine rings is 1. The molecule has 2 N–H and O–H groups in total. The van der Waals surface area contributed by atoms with Crippen LogP contribution in [0.2, 0.25) is 0 Å². The van der Waals surface area contributed by atoms with Gasteiger partial charge in [-0.15, -0.1) is 0 Å². The van der Waals surface area contributed by atoms with E-state index in [0.29, 0.717) is 25.1 Å². The number of hydrogen-bond acceptors (Lipinski definition) is 6. The lowest BCUT2D eigenvalue weighted by atomic mass is 9.96. The molecule has 3 rings (SSSR count). The van der Waals surface area contributed by atoms with Gasteiger partial charge in [0, 0.05) is 24.3 Å². The average molecular weight is 306 g/mol. The molecular weight excluding hydrogens is 280 g/mol. The Morgan fingerprint density at radius 2 is 2.36 bits per heavy atom. The molecule has 0 unspecified atom stereocenters. The maximum Gasteiger partial charge on any atom is 0.129 e. The smallest absolute Gasteiger partial charge is 0.129 e. The maximum absolute atomic E-state index is 10.0. The average Bonchev–Trinajstić information content (AvgIpc) is 3.03. The Morgan fingerprint density at radius 1 is 1.50 bits per heavy atom. The van der Waals surface area contributed by atoms with Gasteiger partial charge in [0.1, 0.15) is 12.1 Å². The molecule has 0 amide bonds. The van der Waals surface area contributed by atoms with Gasteiger partial charge in [-0.05, 0) is 25.3 Å². The molecular formula is C16H26N4O2. The molecule has 3 heterocycles. The van der Waals surface area contributed by atoms with Crippen molar-refractivity contribution in [2.24, 2.45) is 0 Å². The molecule has 0 aromatic carbocycles. The molecule has 6 heteroatoms.